The molecule has 3 rings (SSSR count). The normalized spacial score (nSPS) is 16.5. The largest absolute Gasteiger partial charge is 0.462 e. The van der Waals surface area contributed by atoms with Crippen LogP contribution in [0, 0.1) is 5.82 Å². The minimum atomic E-state index is -0.495. The summed E-state index contributed by atoms with van der Waals surface area (Å²) in [4.78, 5) is 22.1. The van der Waals surface area contributed by atoms with Crippen LogP contribution in [-0.4, -0.2) is 45.5 Å². The van der Waals surface area contributed by atoms with E-state index in [4.69, 9.17) is 4.74 Å². The second-order valence-electron chi connectivity index (χ2n) is 6.23. The summed E-state index contributed by atoms with van der Waals surface area (Å²) in [5.41, 5.74) is 1.72. The fraction of sp³-hybridized carbons (Fsp3) is 0.300. The summed E-state index contributed by atoms with van der Waals surface area (Å²) < 4.78 is 20.2. The van der Waals surface area contributed by atoms with Crippen molar-refractivity contribution in [2.45, 2.75) is 25.8 Å². The second-order valence-corrected chi connectivity index (χ2v) is 6.23. The van der Waals surface area contributed by atoms with Crippen LogP contribution in [0.15, 0.2) is 36.2 Å². The van der Waals surface area contributed by atoms with E-state index in [1.165, 1.54) is 23.1 Å². The number of pyridine rings is 1. The van der Waals surface area contributed by atoms with Crippen LogP contribution in [0.25, 0.3) is 12.3 Å². The van der Waals surface area contributed by atoms with Gasteiger partial charge in [0.25, 0.3) is 0 Å². The lowest BCUT2D eigenvalue weighted by Gasteiger charge is -2.24. The number of nitrogens with zero attached hydrogens (tertiary/aromatic N) is 5. The molecule has 3 heterocycles. The van der Waals surface area contributed by atoms with E-state index in [0.717, 1.165) is 24.9 Å². The number of hydrogen-bond acceptors (Lipinski definition) is 6. The summed E-state index contributed by atoms with van der Waals surface area (Å²) in [6.07, 6.45) is 9.61. The number of aliphatic imine (C=N–C) groups is 1. The lowest BCUT2D eigenvalue weighted by atomic mass is 10.0. The van der Waals surface area contributed by atoms with Gasteiger partial charge in [-0.1, -0.05) is 6.58 Å². The van der Waals surface area contributed by atoms with Crippen LogP contribution < -0.4 is 0 Å². The van der Waals surface area contributed by atoms with Crippen molar-refractivity contribution in [3.8, 4) is 0 Å². The fourth-order valence-corrected chi connectivity index (χ4v) is 3.33. The van der Waals surface area contributed by atoms with Crippen molar-refractivity contribution in [1.82, 2.24) is 19.7 Å². The highest BCUT2D eigenvalue weighted by Crippen LogP contribution is 2.34. The Bertz CT molecular complexity index is 921. The summed E-state index contributed by atoms with van der Waals surface area (Å²) in [5.74, 6) is -0.560. The number of aromatic nitrogens is 3. The zero-order valence-electron chi connectivity index (χ0n) is 15.7. The third-order valence-electron chi connectivity index (χ3n) is 4.58. The summed E-state index contributed by atoms with van der Waals surface area (Å²) in [6, 6.07) is 1.48. The first-order valence-corrected chi connectivity index (χ1v) is 9.02. The minimum absolute atomic E-state index is 0.0207. The molecule has 0 amide bonds. The molecule has 0 spiro atoms. The first-order chi connectivity index (χ1) is 13.6. The lowest BCUT2D eigenvalue weighted by Crippen LogP contribution is -2.18. The number of halogens is 1. The van der Waals surface area contributed by atoms with Gasteiger partial charge in [0.1, 0.15) is 11.4 Å². The summed E-state index contributed by atoms with van der Waals surface area (Å²) >= 11 is 0. The van der Waals surface area contributed by atoms with Crippen LogP contribution in [-0.2, 0) is 4.74 Å². The number of carbonyl (C=O) groups excluding carboxylic acids is 1. The van der Waals surface area contributed by atoms with Gasteiger partial charge in [0, 0.05) is 24.5 Å². The van der Waals surface area contributed by atoms with Gasteiger partial charge in [-0.3, -0.25) is 4.98 Å². The maximum Gasteiger partial charge on any atom is 0.343 e. The van der Waals surface area contributed by atoms with Gasteiger partial charge >= 0.3 is 5.97 Å². The number of hydrogen-bond donors (Lipinski definition) is 0. The third kappa shape index (κ3) is 3.85. The van der Waals surface area contributed by atoms with Gasteiger partial charge in [0.2, 0.25) is 0 Å². The quantitative estimate of drug-likeness (QED) is 0.537. The monoisotopic (exact) mass is 383 g/mol. The van der Waals surface area contributed by atoms with E-state index in [2.05, 4.69) is 33.3 Å². The zero-order chi connectivity index (χ0) is 20.1. The Morgan fingerprint density at radius 2 is 2.29 bits per heavy atom. The molecule has 2 aromatic heterocycles. The molecule has 0 radical (unpaired) electrons. The Morgan fingerprint density at radius 3 is 3.00 bits per heavy atom. The average molecular weight is 383 g/mol. The minimum Gasteiger partial charge on any atom is -0.462 e. The van der Waals surface area contributed by atoms with Gasteiger partial charge in [-0.25, -0.2) is 18.9 Å². The molecule has 2 aromatic rings. The highest BCUT2D eigenvalue weighted by molar-refractivity contribution is 5.94. The molecular weight excluding hydrogens is 361 g/mol. The smallest absolute Gasteiger partial charge is 0.343 e. The van der Waals surface area contributed by atoms with Crippen molar-refractivity contribution < 1.29 is 13.9 Å². The van der Waals surface area contributed by atoms with Gasteiger partial charge in [0.05, 0.1) is 30.7 Å². The van der Waals surface area contributed by atoms with E-state index >= 15 is 0 Å². The number of likely N-dealkylation sites (tertiary alicyclic amines) is 1. The van der Waals surface area contributed by atoms with E-state index in [1.54, 1.807) is 19.2 Å². The van der Waals surface area contributed by atoms with Crippen molar-refractivity contribution >= 4 is 30.8 Å². The van der Waals surface area contributed by atoms with Crippen molar-refractivity contribution in [3.63, 3.8) is 0 Å². The highest BCUT2D eigenvalue weighted by Gasteiger charge is 2.26. The van der Waals surface area contributed by atoms with Crippen LogP contribution >= 0.6 is 0 Å². The Labute approximate surface area is 162 Å². The molecule has 0 aromatic carbocycles. The number of ether oxygens (including phenoxy) is 1. The highest BCUT2D eigenvalue weighted by atomic mass is 19.1. The summed E-state index contributed by atoms with van der Waals surface area (Å²) in [7, 11) is 0. The predicted molar refractivity (Wildman–Crippen MR) is 106 cm³/mol. The van der Waals surface area contributed by atoms with Crippen LogP contribution in [0.4, 0.5) is 10.2 Å². The fourth-order valence-electron chi connectivity index (χ4n) is 3.33. The average Bonchev–Trinajstić information content (AvgIpc) is 3.32. The maximum atomic E-state index is 13.7. The Morgan fingerprint density at radius 1 is 1.46 bits per heavy atom. The van der Waals surface area contributed by atoms with Crippen molar-refractivity contribution in [1.29, 1.82) is 0 Å². The zero-order valence-corrected chi connectivity index (χ0v) is 15.7. The lowest BCUT2D eigenvalue weighted by molar-refractivity contribution is 0.0527. The van der Waals surface area contributed by atoms with Gasteiger partial charge in [-0.15, -0.1) is 0 Å². The first kappa shape index (κ1) is 19.5. The topological polar surface area (TPSA) is 72.6 Å². The number of rotatable bonds is 7. The van der Waals surface area contributed by atoms with Crippen molar-refractivity contribution in [2.24, 2.45) is 4.99 Å². The van der Waals surface area contributed by atoms with Gasteiger partial charge in [-0.05, 0) is 38.6 Å². The number of carbonyl (C=O) groups is 1. The van der Waals surface area contributed by atoms with Gasteiger partial charge in [-0.2, -0.15) is 5.10 Å². The van der Waals surface area contributed by atoms with Crippen molar-refractivity contribution in [2.75, 3.05) is 13.2 Å². The first-order valence-electron chi connectivity index (χ1n) is 9.02. The molecule has 1 fully saturated rings. The molecular formula is C20H22FN5O2. The molecule has 7 nitrogen and oxygen atoms in total. The van der Waals surface area contributed by atoms with Crippen LogP contribution in [0.5, 0.6) is 0 Å². The van der Waals surface area contributed by atoms with E-state index in [-0.39, 0.29) is 24.0 Å². The molecule has 28 heavy (non-hydrogen) atoms. The van der Waals surface area contributed by atoms with Crippen LogP contribution in [0.3, 0.4) is 0 Å². The van der Waals surface area contributed by atoms with Crippen LogP contribution in [0.2, 0.25) is 0 Å². The summed E-state index contributed by atoms with van der Waals surface area (Å²) in [5, 5.41) is 4.18. The van der Waals surface area contributed by atoms with Crippen LogP contribution in [0.1, 0.15) is 47.4 Å². The Kier molecular flexibility index (Phi) is 5.98. The SMILES string of the molecule is C=Cc1ncc(F)cc1C1CCCN1/C=C\n1ncc(C(=O)OCC)c1N=C. The standard InChI is InChI=1S/C20H22FN5O2/c1-4-17-15(11-14(21)12-23-17)18-7-6-8-25(18)9-10-26-19(22-3)16(13-24-26)20(27)28-5-2/h4,9-13,18H,1,3,5-8H2,2H3/b10-9-. The Balaban J connectivity index is 1.86. The second kappa shape index (κ2) is 8.60. The molecule has 1 aliphatic heterocycles. The summed E-state index contributed by atoms with van der Waals surface area (Å²) in [6.45, 7) is 10.1. The molecule has 0 aliphatic carbocycles. The van der Waals surface area contributed by atoms with E-state index in [1.807, 2.05) is 6.20 Å². The molecule has 0 bridgehead atoms. The van der Waals surface area contributed by atoms with Gasteiger partial charge in [0.15, 0.2) is 5.82 Å². The third-order valence-corrected chi connectivity index (χ3v) is 4.58. The van der Waals surface area contributed by atoms with Gasteiger partial charge < -0.3 is 9.64 Å². The molecule has 1 saturated heterocycles. The molecule has 1 atom stereocenters. The van der Waals surface area contributed by atoms with E-state index in [9.17, 15) is 9.18 Å². The van der Waals surface area contributed by atoms with E-state index < -0.39 is 5.97 Å². The van der Waals surface area contributed by atoms with E-state index in [0.29, 0.717) is 11.5 Å². The maximum absolute atomic E-state index is 13.7. The molecule has 1 aliphatic rings. The Hall–Kier alpha value is -3.29. The predicted octanol–water partition coefficient (Wildman–Crippen LogP) is 3.83. The molecule has 0 saturated carbocycles. The number of esters is 1. The molecule has 8 heteroatoms. The molecule has 146 valence electrons. The van der Waals surface area contributed by atoms with Crippen molar-refractivity contribution in [3.05, 3.63) is 53.9 Å². The molecule has 1 unspecified atom stereocenters. The molecule has 0 N–H and O–H groups in total.